The average Bonchev–Trinajstić information content (AvgIpc) is 2.42. The molecule has 4 heteroatoms. The molecule has 4 nitrogen and oxygen atoms in total. The highest BCUT2D eigenvalue weighted by molar-refractivity contribution is 5.91. The Balaban J connectivity index is 2.38. The molecule has 0 saturated heterocycles. The van der Waals surface area contributed by atoms with Gasteiger partial charge in [0, 0.05) is 17.8 Å². The molecule has 0 heterocycles. The van der Waals surface area contributed by atoms with Crippen molar-refractivity contribution in [3.05, 3.63) is 23.8 Å². The molecule has 0 fully saturated rings. The van der Waals surface area contributed by atoms with Gasteiger partial charge in [-0.25, -0.2) is 0 Å². The minimum atomic E-state index is 0.0613. The molecule has 1 aromatic rings. The molecule has 0 aliphatic rings. The molecule has 0 aliphatic heterocycles. The number of hydrogen-bond donors (Lipinski definition) is 2. The summed E-state index contributed by atoms with van der Waals surface area (Å²) in [5, 5.41) is 2.94. The van der Waals surface area contributed by atoms with Crippen LogP contribution in [0.4, 0.5) is 11.4 Å². The lowest BCUT2D eigenvalue weighted by atomic mass is 10.1. The van der Waals surface area contributed by atoms with Crippen LogP contribution < -0.4 is 11.1 Å². The van der Waals surface area contributed by atoms with Gasteiger partial charge in [0.1, 0.15) is 0 Å². The van der Waals surface area contributed by atoms with Crippen molar-refractivity contribution in [2.24, 2.45) is 0 Å². The van der Waals surface area contributed by atoms with E-state index in [-0.39, 0.29) is 5.91 Å². The van der Waals surface area contributed by atoms with Crippen molar-refractivity contribution in [2.75, 3.05) is 30.7 Å². The lowest BCUT2D eigenvalue weighted by Crippen LogP contribution is -2.26. The predicted molar refractivity (Wildman–Crippen MR) is 85.9 cm³/mol. The molecule has 1 aromatic carbocycles. The van der Waals surface area contributed by atoms with E-state index >= 15 is 0 Å². The Hall–Kier alpha value is -1.55. The Morgan fingerprint density at radius 2 is 2.05 bits per heavy atom. The highest BCUT2D eigenvalue weighted by Crippen LogP contribution is 2.18. The minimum absolute atomic E-state index is 0.0613. The summed E-state index contributed by atoms with van der Waals surface area (Å²) < 4.78 is 0. The Morgan fingerprint density at radius 1 is 1.30 bits per heavy atom. The third-order valence-electron chi connectivity index (χ3n) is 3.40. The smallest absolute Gasteiger partial charge is 0.224 e. The van der Waals surface area contributed by atoms with Crippen LogP contribution in [0.3, 0.4) is 0 Å². The van der Waals surface area contributed by atoms with Gasteiger partial charge in [-0.1, -0.05) is 19.9 Å². The number of amides is 1. The number of carbonyl (C=O) groups excluding carboxylic acids is 1. The van der Waals surface area contributed by atoms with Crippen LogP contribution >= 0.6 is 0 Å². The second kappa shape index (κ2) is 8.59. The molecule has 112 valence electrons. The van der Waals surface area contributed by atoms with Gasteiger partial charge in [-0.2, -0.15) is 0 Å². The van der Waals surface area contributed by atoms with Gasteiger partial charge in [-0.05, 0) is 57.1 Å². The van der Waals surface area contributed by atoms with Crippen LogP contribution in [0.2, 0.25) is 0 Å². The van der Waals surface area contributed by atoms with Crippen molar-refractivity contribution in [1.82, 2.24) is 4.90 Å². The molecular weight excluding hydrogens is 250 g/mol. The largest absolute Gasteiger partial charge is 0.399 e. The number of hydrogen-bond acceptors (Lipinski definition) is 3. The van der Waals surface area contributed by atoms with Crippen LogP contribution in [0.25, 0.3) is 0 Å². The number of aryl methyl sites for hydroxylation is 1. The van der Waals surface area contributed by atoms with E-state index in [4.69, 9.17) is 5.73 Å². The maximum atomic E-state index is 11.9. The lowest BCUT2D eigenvalue weighted by molar-refractivity contribution is -0.116. The monoisotopic (exact) mass is 277 g/mol. The summed E-state index contributed by atoms with van der Waals surface area (Å²) in [6, 6.07) is 5.57. The van der Waals surface area contributed by atoms with E-state index in [1.54, 1.807) is 0 Å². The summed E-state index contributed by atoms with van der Waals surface area (Å²) in [5.74, 6) is 0.0613. The number of benzene rings is 1. The Labute approximate surface area is 122 Å². The summed E-state index contributed by atoms with van der Waals surface area (Å²) in [6.45, 7) is 9.43. The molecule has 0 bridgehead atoms. The molecule has 0 atom stereocenters. The van der Waals surface area contributed by atoms with Crippen molar-refractivity contribution in [1.29, 1.82) is 0 Å². The maximum absolute atomic E-state index is 11.9. The Kier molecular flexibility index (Phi) is 7.09. The van der Waals surface area contributed by atoms with Crippen LogP contribution in [0.5, 0.6) is 0 Å². The van der Waals surface area contributed by atoms with E-state index in [2.05, 4.69) is 24.1 Å². The summed E-state index contributed by atoms with van der Waals surface area (Å²) in [6.07, 6.45) is 2.60. The normalized spacial score (nSPS) is 10.8. The van der Waals surface area contributed by atoms with Gasteiger partial charge >= 0.3 is 0 Å². The van der Waals surface area contributed by atoms with E-state index in [0.29, 0.717) is 12.1 Å². The van der Waals surface area contributed by atoms with Crippen LogP contribution in [-0.2, 0) is 4.79 Å². The molecular formula is C16H27N3O. The number of nitrogen functional groups attached to an aromatic ring is 1. The molecule has 1 amide bonds. The van der Waals surface area contributed by atoms with Crippen molar-refractivity contribution in [2.45, 2.75) is 40.0 Å². The van der Waals surface area contributed by atoms with E-state index in [0.717, 1.165) is 43.7 Å². The van der Waals surface area contributed by atoms with Gasteiger partial charge in [-0.3, -0.25) is 4.79 Å². The fourth-order valence-corrected chi connectivity index (χ4v) is 2.19. The first kappa shape index (κ1) is 16.5. The zero-order valence-corrected chi connectivity index (χ0v) is 12.9. The van der Waals surface area contributed by atoms with Crippen molar-refractivity contribution in [3.8, 4) is 0 Å². The molecule has 3 N–H and O–H groups in total. The fourth-order valence-electron chi connectivity index (χ4n) is 2.19. The van der Waals surface area contributed by atoms with Crippen molar-refractivity contribution < 1.29 is 4.79 Å². The van der Waals surface area contributed by atoms with E-state index in [1.807, 2.05) is 25.1 Å². The fraction of sp³-hybridized carbons (Fsp3) is 0.562. The molecule has 0 spiro atoms. The summed E-state index contributed by atoms with van der Waals surface area (Å²) in [5.41, 5.74) is 8.26. The third-order valence-corrected chi connectivity index (χ3v) is 3.40. The molecule has 20 heavy (non-hydrogen) atoms. The Morgan fingerprint density at radius 3 is 2.70 bits per heavy atom. The molecule has 1 rings (SSSR count). The number of carbonyl (C=O) groups is 1. The molecule has 0 aliphatic carbocycles. The van der Waals surface area contributed by atoms with Crippen molar-refractivity contribution >= 4 is 17.3 Å². The first-order valence-corrected chi connectivity index (χ1v) is 7.45. The first-order chi connectivity index (χ1) is 9.56. The predicted octanol–water partition coefficient (Wildman–Crippen LogP) is 3.03. The van der Waals surface area contributed by atoms with E-state index in [9.17, 15) is 4.79 Å². The topological polar surface area (TPSA) is 58.4 Å². The number of nitrogens with two attached hydrogens (primary N) is 1. The van der Waals surface area contributed by atoms with Gasteiger partial charge in [-0.15, -0.1) is 0 Å². The standard InChI is InChI=1S/C16H27N3O/c1-4-10-19(5-2)11-6-7-16(20)18-15-12-14(17)9-8-13(15)3/h8-9,12H,4-7,10-11,17H2,1-3H3,(H,18,20). The minimum Gasteiger partial charge on any atom is -0.399 e. The third kappa shape index (κ3) is 5.61. The first-order valence-electron chi connectivity index (χ1n) is 7.45. The molecule has 0 aromatic heterocycles. The van der Waals surface area contributed by atoms with Crippen LogP contribution in [0, 0.1) is 6.92 Å². The summed E-state index contributed by atoms with van der Waals surface area (Å²) in [7, 11) is 0. The number of anilines is 2. The van der Waals surface area contributed by atoms with Gasteiger partial charge in [0.15, 0.2) is 0 Å². The molecule has 0 unspecified atom stereocenters. The van der Waals surface area contributed by atoms with Crippen molar-refractivity contribution in [3.63, 3.8) is 0 Å². The van der Waals surface area contributed by atoms with E-state index < -0.39 is 0 Å². The zero-order chi connectivity index (χ0) is 15.0. The second-order valence-corrected chi connectivity index (χ2v) is 5.16. The average molecular weight is 277 g/mol. The quantitative estimate of drug-likeness (QED) is 0.718. The summed E-state index contributed by atoms with van der Waals surface area (Å²) >= 11 is 0. The number of nitrogens with one attached hydrogen (secondary N) is 1. The van der Waals surface area contributed by atoms with Gasteiger partial charge in [0.2, 0.25) is 5.91 Å². The zero-order valence-electron chi connectivity index (χ0n) is 12.9. The number of rotatable bonds is 8. The van der Waals surface area contributed by atoms with Crippen LogP contribution in [0.15, 0.2) is 18.2 Å². The summed E-state index contributed by atoms with van der Waals surface area (Å²) in [4.78, 5) is 14.3. The second-order valence-electron chi connectivity index (χ2n) is 5.16. The number of nitrogens with zero attached hydrogens (tertiary/aromatic N) is 1. The molecule has 0 saturated carbocycles. The van der Waals surface area contributed by atoms with Gasteiger partial charge < -0.3 is 16.0 Å². The van der Waals surface area contributed by atoms with Crippen LogP contribution in [-0.4, -0.2) is 30.4 Å². The van der Waals surface area contributed by atoms with Gasteiger partial charge in [0.25, 0.3) is 0 Å². The highest BCUT2D eigenvalue weighted by atomic mass is 16.1. The van der Waals surface area contributed by atoms with Crippen LogP contribution in [0.1, 0.15) is 38.7 Å². The van der Waals surface area contributed by atoms with E-state index in [1.165, 1.54) is 0 Å². The maximum Gasteiger partial charge on any atom is 0.224 e. The SMILES string of the molecule is CCCN(CC)CCCC(=O)Nc1cc(N)ccc1C. The highest BCUT2D eigenvalue weighted by Gasteiger charge is 2.07. The molecule has 0 radical (unpaired) electrons. The van der Waals surface area contributed by atoms with Gasteiger partial charge in [0.05, 0.1) is 0 Å². The Bertz CT molecular complexity index is 432. The lowest BCUT2D eigenvalue weighted by Gasteiger charge is -2.19.